The van der Waals surface area contributed by atoms with Crippen LogP contribution in [0.25, 0.3) is 0 Å². The molecule has 0 saturated heterocycles. The number of carbonyl (C=O) groups excluding carboxylic acids is 4. The summed E-state index contributed by atoms with van der Waals surface area (Å²) in [7, 11) is 0. The van der Waals surface area contributed by atoms with E-state index in [2.05, 4.69) is 5.32 Å². The van der Waals surface area contributed by atoms with Gasteiger partial charge >= 0.3 is 0 Å². The highest BCUT2D eigenvalue weighted by molar-refractivity contribution is 6.22. The first-order valence-corrected chi connectivity index (χ1v) is 8.37. The van der Waals surface area contributed by atoms with Gasteiger partial charge in [-0.1, -0.05) is 0 Å². The van der Waals surface area contributed by atoms with Crippen LogP contribution >= 0.6 is 0 Å². The Balaban J connectivity index is 1.66. The van der Waals surface area contributed by atoms with Gasteiger partial charge in [0.25, 0.3) is 23.6 Å². The molecule has 136 valence electrons. The zero-order valence-electron chi connectivity index (χ0n) is 15.0. The smallest absolute Gasteiger partial charge is 0.262 e. The minimum absolute atomic E-state index is 0.240. The number of hydrogen-bond donors (Lipinski definition) is 1. The summed E-state index contributed by atoms with van der Waals surface area (Å²) >= 11 is 0. The minimum Gasteiger partial charge on any atom is -0.457 e. The van der Waals surface area contributed by atoms with Crippen LogP contribution in [-0.2, 0) is 0 Å². The molecule has 2 aliphatic heterocycles. The molecule has 0 fully saturated rings. The van der Waals surface area contributed by atoms with Crippen LogP contribution in [0.5, 0.6) is 11.5 Å². The van der Waals surface area contributed by atoms with Crippen LogP contribution in [0.2, 0.25) is 0 Å². The van der Waals surface area contributed by atoms with Crippen molar-refractivity contribution in [3.8, 4) is 11.5 Å². The third-order valence-electron chi connectivity index (χ3n) is 4.47. The number of carbonyl (C=O) groups is 4. The van der Waals surface area contributed by atoms with Gasteiger partial charge in [-0.25, -0.2) is 0 Å². The molecule has 2 heterocycles. The molecule has 2 aromatic carbocycles. The lowest BCUT2D eigenvalue weighted by Crippen LogP contribution is -2.45. The number of imide groups is 2. The van der Waals surface area contributed by atoms with Crippen molar-refractivity contribution < 1.29 is 23.9 Å². The lowest BCUT2D eigenvalue weighted by Gasteiger charge is -2.29. The first-order chi connectivity index (χ1) is 12.7. The van der Waals surface area contributed by atoms with Crippen molar-refractivity contribution in [2.24, 2.45) is 0 Å². The zero-order chi connectivity index (χ0) is 19.5. The lowest BCUT2D eigenvalue weighted by atomic mass is 10.1. The van der Waals surface area contributed by atoms with Crippen molar-refractivity contribution >= 4 is 23.6 Å². The van der Waals surface area contributed by atoms with Crippen molar-refractivity contribution in [2.75, 3.05) is 0 Å². The molecular formula is C20H16N2O5. The topological polar surface area (TPSA) is 92.8 Å². The summed E-state index contributed by atoms with van der Waals surface area (Å²) in [5, 5.41) is 2.22. The number of rotatable bonds is 2. The standard InChI is InChI=1S/C20H16N2O5/c1-20(2,3)22-18(25)13-7-5-11(9-15(13)19(22)26)27-10-4-6-12-14(8-10)17(24)21-16(12)23/h4-9H,1-3H3,(H,21,23,24). The van der Waals surface area contributed by atoms with E-state index < -0.39 is 17.4 Å². The maximum absolute atomic E-state index is 12.7. The van der Waals surface area contributed by atoms with E-state index in [0.29, 0.717) is 22.6 Å². The molecule has 0 bridgehead atoms. The molecule has 7 heteroatoms. The van der Waals surface area contributed by atoms with Crippen molar-refractivity contribution in [1.82, 2.24) is 10.2 Å². The molecule has 0 unspecified atom stereocenters. The van der Waals surface area contributed by atoms with Gasteiger partial charge in [0.15, 0.2) is 0 Å². The zero-order valence-corrected chi connectivity index (χ0v) is 15.0. The van der Waals surface area contributed by atoms with Gasteiger partial charge in [0.2, 0.25) is 0 Å². The van der Waals surface area contributed by atoms with E-state index in [9.17, 15) is 19.2 Å². The van der Waals surface area contributed by atoms with Gasteiger partial charge in [-0.05, 0) is 57.2 Å². The molecule has 2 aliphatic rings. The molecule has 4 rings (SSSR count). The summed E-state index contributed by atoms with van der Waals surface area (Å²) in [6.45, 7) is 5.38. The van der Waals surface area contributed by atoms with Crippen LogP contribution in [0.3, 0.4) is 0 Å². The Hall–Kier alpha value is -3.48. The Kier molecular flexibility index (Phi) is 3.46. The van der Waals surface area contributed by atoms with Gasteiger partial charge in [0, 0.05) is 5.54 Å². The van der Waals surface area contributed by atoms with Crippen molar-refractivity contribution in [3.05, 3.63) is 58.7 Å². The summed E-state index contributed by atoms with van der Waals surface area (Å²) in [5.74, 6) is -0.909. The molecule has 0 spiro atoms. The van der Waals surface area contributed by atoms with Crippen LogP contribution < -0.4 is 10.1 Å². The van der Waals surface area contributed by atoms with E-state index >= 15 is 0 Å². The third kappa shape index (κ3) is 2.59. The molecule has 4 amide bonds. The predicted molar refractivity (Wildman–Crippen MR) is 95.0 cm³/mol. The molecule has 7 nitrogen and oxygen atoms in total. The Morgan fingerprint density at radius 1 is 0.741 bits per heavy atom. The highest BCUT2D eigenvalue weighted by Gasteiger charge is 2.42. The number of hydrogen-bond acceptors (Lipinski definition) is 5. The highest BCUT2D eigenvalue weighted by Crippen LogP contribution is 2.33. The summed E-state index contributed by atoms with van der Waals surface area (Å²) in [5.41, 5.74) is 0.517. The molecule has 0 radical (unpaired) electrons. The van der Waals surface area contributed by atoms with Crippen LogP contribution in [0.4, 0.5) is 0 Å². The number of nitrogens with one attached hydrogen (secondary N) is 1. The molecule has 2 aromatic rings. The second kappa shape index (κ2) is 5.51. The van der Waals surface area contributed by atoms with E-state index in [1.54, 1.807) is 39.0 Å². The number of benzene rings is 2. The second-order valence-corrected chi connectivity index (χ2v) is 7.42. The normalized spacial score (nSPS) is 15.7. The lowest BCUT2D eigenvalue weighted by molar-refractivity contribution is 0.0507. The fourth-order valence-corrected chi connectivity index (χ4v) is 3.24. The quantitative estimate of drug-likeness (QED) is 0.827. The van der Waals surface area contributed by atoms with Gasteiger partial charge in [-0.15, -0.1) is 0 Å². The molecule has 0 aromatic heterocycles. The van der Waals surface area contributed by atoms with Crippen LogP contribution in [0, 0.1) is 0 Å². The fraction of sp³-hybridized carbons (Fsp3) is 0.200. The SMILES string of the molecule is CC(C)(C)N1C(=O)c2ccc(Oc3ccc4c(c3)C(=O)NC4=O)cc2C1=O. The van der Waals surface area contributed by atoms with Gasteiger partial charge in [0.1, 0.15) is 11.5 Å². The van der Waals surface area contributed by atoms with Gasteiger partial charge in [0.05, 0.1) is 22.3 Å². The van der Waals surface area contributed by atoms with E-state index in [4.69, 9.17) is 4.74 Å². The summed E-state index contributed by atoms with van der Waals surface area (Å²) in [6.07, 6.45) is 0. The number of amides is 4. The number of fused-ring (bicyclic) bond motifs is 2. The first kappa shape index (κ1) is 17.0. The highest BCUT2D eigenvalue weighted by atomic mass is 16.5. The first-order valence-electron chi connectivity index (χ1n) is 8.37. The van der Waals surface area contributed by atoms with E-state index in [-0.39, 0.29) is 22.9 Å². The molecule has 0 saturated carbocycles. The van der Waals surface area contributed by atoms with Crippen molar-refractivity contribution in [1.29, 1.82) is 0 Å². The van der Waals surface area contributed by atoms with Gasteiger partial charge < -0.3 is 4.74 Å². The Labute approximate surface area is 154 Å². The average Bonchev–Trinajstić information content (AvgIpc) is 3.01. The molecule has 1 N–H and O–H groups in total. The fourth-order valence-electron chi connectivity index (χ4n) is 3.24. The van der Waals surface area contributed by atoms with Crippen LogP contribution in [-0.4, -0.2) is 34.1 Å². The maximum atomic E-state index is 12.7. The van der Waals surface area contributed by atoms with E-state index in [1.807, 2.05) is 0 Å². The Morgan fingerprint density at radius 2 is 1.26 bits per heavy atom. The van der Waals surface area contributed by atoms with Gasteiger partial charge in [-0.2, -0.15) is 0 Å². The van der Waals surface area contributed by atoms with Crippen molar-refractivity contribution in [3.63, 3.8) is 0 Å². The van der Waals surface area contributed by atoms with E-state index in [0.717, 1.165) is 0 Å². The monoisotopic (exact) mass is 364 g/mol. The average molecular weight is 364 g/mol. The largest absolute Gasteiger partial charge is 0.457 e. The molecular weight excluding hydrogens is 348 g/mol. The van der Waals surface area contributed by atoms with Crippen molar-refractivity contribution in [2.45, 2.75) is 26.3 Å². The Bertz CT molecular complexity index is 1050. The van der Waals surface area contributed by atoms with E-state index in [1.165, 1.54) is 23.1 Å². The minimum atomic E-state index is -0.631. The van der Waals surface area contributed by atoms with Crippen LogP contribution in [0.15, 0.2) is 36.4 Å². The predicted octanol–water partition coefficient (Wildman–Crippen LogP) is 2.76. The molecule has 27 heavy (non-hydrogen) atoms. The maximum Gasteiger partial charge on any atom is 0.262 e. The summed E-state index contributed by atoms with van der Waals surface area (Å²) in [6, 6.07) is 9.21. The Morgan fingerprint density at radius 3 is 1.89 bits per heavy atom. The third-order valence-corrected chi connectivity index (χ3v) is 4.47. The van der Waals surface area contributed by atoms with Crippen LogP contribution in [0.1, 0.15) is 62.2 Å². The molecule has 0 atom stereocenters. The molecule has 0 aliphatic carbocycles. The number of nitrogens with zero attached hydrogens (tertiary/aromatic N) is 1. The summed E-state index contributed by atoms with van der Waals surface area (Å²) in [4.78, 5) is 49.8. The second-order valence-electron chi connectivity index (χ2n) is 7.42. The van der Waals surface area contributed by atoms with Gasteiger partial charge in [-0.3, -0.25) is 29.4 Å². The summed E-state index contributed by atoms with van der Waals surface area (Å²) < 4.78 is 5.74. The number of ether oxygens (including phenoxy) is 1.